The minimum absolute atomic E-state index is 0.00733. The number of nitrogens with one attached hydrogen (secondary N) is 2. The van der Waals surface area contributed by atoms with Crippen molar-refractivity contribution >= 4 is 10.0 Å². The van der Waals surface area contributed by atoms with Crippen LogP contribution in [0, 0.1) is 5.82 Å². The molecule has 0 aromatic heterocycles. The summed E-state index contributed by atoms with van der Waals surface area (Å²) in [5, 5.41) is 3.15. The fraction of sp³-hybridized carbons (Fsp3) is 0.538. The van der Waals surface area contributed by atoms with Crippen LogP contribution in [0.5, 0.6) is 0 Å². The molecule has 0 saturated heterocycles. The SMILES string of the molecule is CC(C)NCCCS(=O)(=O)NCc1ccccc1F. The van der Waals surface area contributed by atoms with E-state index in [0.29, 0.717) is 24.6 Å². The van der Waals surface area contributed by atoms with Crippen LogP contribution in [0.25, 0.3) is 0 Å². The van der Waals surface area contributed by atoms with E-state index in [1.54, 1.807) is 18.2 Å². The van der Waals surface area contributed by atoms with Gasteiger partial charge in [-0.25, -0.2) is 17.5 Å². The van der Waals surface area contributed by atoms with Crippen LogP contribution in [-0.2, 0) is 16.6 Å². The highest BCUT2D eigenvalue weighted by atomic mass is 32.2. The molecule has 0 aliphatic carbocycles. The summed E-state index contributed by atoms with van der Waals surface area (Å²) in [6.45, 7) is 4.65. The Morgan fingerprint density at radius 1 is 1.26 bits per heavy atom. The minimum atomic E-state index is -3.35. The zero-order chi connectivity index (χ0) is 14.3. The summed E-state index contributed by atoms with van der Waals surface area (Å²) >= 11 is 0. The second-order valence-corrected chi connectivity index (χ2v) is 6.62. The van der Waals surface area contributed by atoms with Crippen molar-refractivity contribution in [2.75, 3.05) is 12.3 Å². The molecule has 0 bridgehead atoms. The highest BCUT2D eigenvalue weighted by Crippen LogP contribution is 2.06. The smallest absolute Gasteiger partial charge is 0.211 e. The lowest BCUT2D eigenvalue weighted by atomic mass is 10.2. The first kappa shape index (κ1) is 16.1. The summed E-state index contributed by atoms with van der Waals surface area (Å²) in [6.07, 6.45) is 0.533. The molecule has 0 heterocycles. The van der Waals surface area contributed by atoms with E-state index in [4.69, 9.17) is 0 Å². The van der Waals surface area contributed by atoms with Crippen LogP contribution in [0.15, 0.2) is 24.3 Å². The maximum atomic E-state index is 13.3. The van der Waals surface area contributed by atoms with E-state index in [2.05, 4.69) is 10.0 Å². The monoisotopic (exact) mass is 288 g/mol. The lowest BCUT2D eigenvalue weighted by Crippen LogP contribution is -2.30. The van der Waals surface area contributed by atoms with E-state index in [9.17, 15) is 12.8 Å². The summed E-state index contributed by atoms with van der Waals surface area (Å²) in [5.74, 6) is -0.354. The molecule has 0 unspecified atom stereocenters. The number of halogens is 1. The number of benzene rings is 1. The maximum Gasteiger partial charge on any atom is 0.211 e. The Kier molecular flexibility index (Phi) is 6.41. The molecule has 4 nitrogen and oxygen atoms in total. The number of hydrogen-bond acceptors (Lipinski definition) is 3. The van der Waals surface area contributed by atoms with Gasteiger partial charge in [0.25, 0.3) is 0 Å². The van der Waals surface area contributed by atoms with Crippen LogP contribution in [0.1, 0.15) is 25.8 Å². The van der Waals surface area contributed by atoms with Gasteiger partial charge in [-0.3, -0.25) is 0 Å². The Morgan fingerprint density at radius 3 is 2.58 bits per heavy atom. The molecule has 1 rings (SSSR count). The third-order valence-electron chi connectivity index (χ3n) is 2.58. The molecule has 19 heavy (non-hydrogen) atoms. The van der Waals surface area contributed by atoms with Crippen LogP contribution < -0.4 is 10.0 Å². The Labute approximate surface area is 114 Å². The van der Waals surface area contributed by atoms with Gasteiger partial charge in [0, 0.05) is 18.2 Å². The molecule has 0 atom stereocenters. The van der Waals surface area contributed by atoms with Gasteiger partial charge in [0.15, 0.2) is 0 Å². The first-order valence-corrected chi connectivity index (χ1v) is 8.00. The van der Waals surface area contributed by atoms with Crippen LogP contribution in [0.4, 0.5) is 4.39 Å². The maximum absolute atomic E-state index is 13.3. The molecule has 0 spiro atoms. The van der Waals surface area contributed by atoms with Gasteiger partial charge >= 0.3 is 0 Å². The molecule has 1 aromatic rings. The van der Waals surface area contributed by atoms with Gasteiger partial charge in [-0.2, -0.15) is 0 Å². The van der Waals surface area contributed by atoms with Crippen molar-refractivity contribution < 1.29 is 12.8 Å². The fourth-order valence-corrected chi connectivity index (χ4v) is 2.60. The third-order valence-corrected chi connectivity index (χ3v) is 3.99. The van der Waals surface area contributed by atoms with Gasteiger partial charge < -0.3 is 5.32 Å². The molecule has 2 N–H and O–H groups in total. The van der Waals surface area contributed by atoms with Gasteiger partial charge in [0.2, 0.25) is 10.0 Å². The number of sulfonamides is 1. The first-order valence-electron chi connectivity index (χ1n) is 6.35. The molecule has 0 amide bonds. The van der Waals surface area contributed by atoms with E-state index in [1.165, 1.54) is 6.07 Å². The summed E-state index contributed by atoms with van der Waals surface area (Å²) in [7, 11) is -3.35. The summed E-state index contributed by atoms with van der Waals surface area (Å²) in [6, 6.07) is 6.48. The molecular weight excluding hydrogens is 267 g/mol. The Morgan fingerprint density at radius 2 is 1.95 bits per heavy atom. The molecule has 6 heteroatoms. The van der Waals surface area contributed by atoms with Gasteiger partial charge in [0.05, 0.1) is 5.75 Å². The molecule has 108 valence electrons. The topological polar surface area (TPSA) is 58.2 Å². The largest absolute Gasteiger partial charge is 0.314 e. The fourth-order valence-electron chi connectivity index (χ4n) is 1.55. The predicted octanol–water partition coefficient (Wildman–Crippen LogP) is 1.63. The summed E-state index contributed by atoms with van der Waals surface area (Å²) < 4.78 is 39.1. The second kappa shape index (κ2) is 7.57. The molecule has 0 aliphatic rings. The van der Waals surface area contributed by atoms with Crippen molar-refractivity contribution in [3.8, 4) is 0 Å². The van der Waals surface area contributed by atoms with E-state index in [0.717, 1.165) is 0 Å². The molecule has 0 fully saturated rings. The second-order valence-electron chi connectivity index (χ2n) is 4.69. The van der Waals surface area contributed by atoms with Crippen LogP contribution in [0.2, 0.25) is 0 Å². The number of rotatable bonds is 8. The van der Waals surface area contributed by atoms with Crippen LogP contribution in [0.3, 0.4) is 0 Å². The number of hydrogen-bond donors (Lipinski definition) is 2. The highest BCUT2D eigenvalue weighted by molar-refractivity contribution is 7.89. The quantitative estimate of drug-likeness (QED) is 0.715. The Balaban J connectivity index is 2.37. The van der Waals surface area contributed by atoms with E-state index in [-0.39, 0.29) is 12.3 Å². The van der Waals surface area contributed by atoms with E-state index < -0.39 is 15.8 Å². The minimum Gasteiger partial charge on any atom is -0.314 e. The summed E-state index contributed by atoms with van der Waals surface area (Å²) in [4.78, 5) is 0. The molecule has 0 radical (unpaired) electrons. The van der Waals surface area contributed by atoms with Crippen molar-refractivity contribution in [1.29, 1.82) is 0 Å². The van der Waals surface area contributed by atoms with Crippen molar-refractivity contribution in [2.24, 2.45) is 0 Å². The van der Waals surface area contributed by atoms with Gasteiger partial charge in [-0.1, -0.05) is 32.0 Å². The Hall–Kier alpha value is -0.980. The van der Waals surface area contributed by atoms with Crippen molar-refractivity contribution in [3.05, 3.63) is 35.6 Å². The average Bonchev–Trinajstić information content (AvgIpc) is 2.34. The van der Waals surface area contributed by atoms with Gasteiger partial charge in [-0.15, -0.1) is 0 Å². The zero-order valence-electron chi connectivity index (χ0n) is 11.3. The van der Waals surface area contributed by atoms with Crippen molar-refractivity contribution in [3.63, 3.8) is 0 Å². The molecular formula is C13H21FN2O2S. The normalized spacial score (nSPS) is 12.0. The third kappa shape index (κ3) is 6.66. The predicted molar refractivity (Wildman–Crippen MR) is 74.8 cm³/mol. The first-order chi connectivity index (χ1) is 8.91. The van der Waals surface area contributed by atoms with Gasteiger partial charge in [0.1, 0.15) is 5.82 Å². The molecule has 0 saturated carbocycles. The van der Waals surface area contributed by atoms with Crippen LogP contribution >= 0.6 is 0 Å². The highest BCUT2D eigenvalue weighted by Gasteiger charge is 2.11. The van der Waals surface area contributed by atoms with E-state index in [1.807, 2.05) is 13.8 Å². The average molecular weight is 288 g/mol. The standard InChI is InChI=1S/C13H21FN2O2S/c1-11(2)15-8-5-9-19(17,18)16-10-12-6-3-4-7-13(12)14/h3-4,6-7,11,15-16H,5,8-10H2,1-2H3. The van der Waals surface area contributed by atoms with E-state index >= 15 is 0 Å². The lowest BCUT2D eigenvalue weighted by molar-refractivity contribution is 0.558. The lowest BCUT2D eigenvalue weighted by Gasteiger charge is -2.09. The molecule has 0 aliphatic heterocycles. The van der Waals surface area contributed by atoms with Crippen molar-refractivity contribution in [2.45, 2.75) is 32.9 Å². The van der Waals surface area contributed by atoms with Gasteiger partial charge in [-0.05, 0) is 19.0 Å². The van der Waals surface area contributed by atoms with Crippen molar-refractivity contribution in [1.82, 2.24) is 10.0 Å². The molecule has 1 aromatic carbocycles. The Bertz CT molecular complexity index is 489. The zero-order valence-corrected chi connectivity index (χ0v) is 12.1. The summed E-state index contributed by atoms with van der Waals surface area (Å²) in [5.41, 5.74) is 0.353. The van der Waals surface area contributed by atoms with Crippen LogP contribution in [-0.4, -0.2) is 26.8 Å².